The molecule has 1 aromatic rings. The molecule has 0 atom stereocenters. The van der Waals surface area contributed by atoms with Crippen LogP contribution in [-0.4, -0.2) is 35.5 Å². The van der Waals surface area contributed by atoms with Crippen molar-refractivity contribution >= 4 is 11.9 Å². The SMILES string of the molecule is CN(CC(=O)O)C(=O)Cc1ccc2c(c1)CCC2. The average Bonchev–Trinajstić information content (AvgIpc) is 2.75. The van der Waals surface area contributed by atoms with Crippen molar-refractivity contribution in [1.82, 2.24) is 4.90 Å². The summed E-state index contributed by atoms with van der Waals surface area (Å²) in [5.41, 5.74) is 3.68. The Labute approximate surface area is 106 Å². The van der Waals surface area contributed by atoms with Gasteiger partial charge < -0.3 is 10.0 Å². The fourth-order valence-electron chi connectivity index (χ4n) is 2.34. The van der Waals surface area contributed by atoms with Crippen molar-refractivity contribution in [2.24, 2.45) is 0 Å². The van der Waals surface area contributed by atoms with Gasteiger partial charge in [0.1, 0.15) is 6.54 Å². The molecule has 0 heterocycles. The van der Waals surface area contributed by atoms with Gasteiger partial charge >= 0.3 is 5.97 Å². The monoisotopic (exact) mass is 247 g/mol. The Morgan fingerprint density at radius 3 is 2.72 bits per heavy atom. The highest BCUT2D eigenvalue weighted by molar-refractivity contribution is 5.82. The van der Waals surface area contributed by atoms with E-state index in [2.05, 4.69) is 12.1 Å². The van der Waals surface area contributed by atoms with Gasteiger partial charge in [0.05, 0.1) is 6.42 Å². The quantitative estimate of drug-likeness (QED) is 0.871. The first-order valence-corrected chi connectivity index (χ1v) is 6.12. The Hall–Kier alpha value is -1.84. The molecular weight excluding hydrogens is 230 g/mol. The van der Waals surface area contributed by atoms with Crippen molar-refractivity contribution in [1.29, 1.82) is 0 Å². The first kappa shape index (κ1) is 12.6. The van der Waals surface area contributed by atoms with Crippen LogP contribution in [0, 0.1) is 0 Å². The fourth-order valence-corrected chi connectivity index (χ4v) is 2.34. The van der Waals surface area contributed by atoms with Gasteiger partial charge in [-0.05, 0) is 36.0 Å². The molecule has 1 aromatic carbocycles. The second-order valence-electron chi connectivity index (χ2n) is 4.78. The zero-order valence-electron chi connectivity index (χ0n) is 10.5. The van der Waals surface area contributed by atoms with Gasteiger partial charge in [0.15, 0.2) is 0 Å². The summed E-state index contributed by atoms with van der Waals surface area (Å²) >= 11 is 0. The van der Waals surface area contributed by atoms with Crippen molar-refractivity contribution in [3.05, 3.63) is 34.9 Å². The van der Waals surface area contributed by atoms with E-state index in [4.69, 9.17) is 5.11 Å². The van der Waals surface area contributed by atoms with Crippen molar-refractivity contribution < 1.29 is 14.7 Å². The van der Waals surface area contributed by atoms with Gasteiger partial charge in [-0.15, -0.1) is 0 Å². The van der Waals surface area contributed by atoms with E-state index in [-0.39, 0.29) is 18.9 Å². The van der Waals surface area contributed by atoms with E-state index in [9.17, 15) is 9.59 Å². The predicted octanol–water partition coefficient (Wildman–Crippen LogP) is 1.26. The third-order valence-corrected chi connectivity index (χ3v) is 3.32. The van der Waals surface area contributed by atoms with Crippen molar-refractivity contribution in [3.63, 3.8) is 0 Å². The highest BCUT2D eigenvalue weighted by Gasteiger charge is 2.15. The summed E-state index contributed by atoms with van der Waals surface area (Å²) in [6.07, 6.45) is 3.67. The van der Waals surface area contributed by atoms with Crippen molar-refractivity contribution in [2.45, 2.75) is 25.7 Å². The molecule has 0 unspecified atom stereocenters. The molecule has 4 nitrogen and oxygen atoms in total. The number of carboxylic acid groups (broad SMARTS) is 1. The summed E-state index contributed by atoms with van der Waals surface area (Å²) in [6.45, 7) is -0.246. The number of nitrogens with zero attached hydrogens (tertiary/aromatic N) is 1. The van der Waals surface area contributed by atoms with Crippen LogP contribution in [0.5, 0.6) is 0 Å². The average molecular weight is 247 g/mol. The Bertz CT molecular complexity index is 482. The van der Waals surface area contributed by atoms with E-state index < -0.39 is 5.97 Å². The Balaban J connectivity index is 2.01. The van der Waals surface area contributed by atoms with Gasteiger partial charge in [0.2, 0.25) is 5.91 Å². The molecule has 2 rings (SSSR count). The number of aryl methyl sites for hydroxylation is 2. The van der Waals surface area contributed by atoms with Gasteiger partial charge in [0.25, 0.3) is 0 Å². The lowest BCUT2D eigenvalue weighted by Gasteiger charge is -2.14. The lowest BCUT2D eigenvalue weighted by atomic mass is 10.0. The zero-order chi connectivity index (χ0) is 13.1. The molecule has 0 aliphatic heterocycles. The number of amides is 1. The standard InChI is InChI=1S/C14H17NO3/c1-15(9-14(17)18)13(16)8-10-5-6-11-3-2-4-12(11)7-10/h5-7H,2-4,8-9H2,1H3,(H,17,18). The maximum Gasteiger partial charge on any atom is 0.323 e. The number of likely N-dealkylation sites (N-methyl/N-ethyl adjacent to an activating group) is 1. The summed E-state index contributed by atoms with van der Waals surface area (Å²) in [5, 5.41) is 8.63. The van der Waals surface area contributed by atoms with E-state index in [1.54, 1.807) is 0 Å². The molecule has 4 heteroatoms. The second kappa shape index (κ2) is 5.21. The van der Waals surface area contributed by atoms with E-state index in [1.807, 2.05) is 6.07 Å². The normalized spacial score (nSPS) is 13.2. The molecule has 18 heavy (non-hydrogen) atoms. The number of fused-ring (bicyclic) bond motifs is 1. The van der Waals surface area contributed by atoms with E-state index >= 15 is 0 Å². The molecule has 1 N–H and O–H groups in total. The predicted molar refractivity (Wildman–Crippen MR) is 67.4 cm³/mol. The third-order valence-electron chi connectivity index (χ3n) is 3.32. The summed E-state index contributed by atoms with van der Waals surface area (Å²) in [4.78, 5) is 23.6. The van der Waals surface area contributed by atoms with E-state index in [0.717, 1.165) is 18.4 Å². The Morgan fingerprint density at radius 1 is 1.28 bits per heavy atom. The van der Waals surface area contributed by atoms with Crippen LogP contribution in [0.1, 0.15) is 23.1 Å². The minimum absolute atomic E-state index is 0.157. The minimum atomic E-state index is -0.986. The van der Waals surface area contributed by atoms with Gasteiger partial charge in [0, 0.05) is 7.05 Å². The molecule has 1 amide bonds. The lowest BCUT2D eigenvalue weighted by molar-refractivity contribution is -0.143. The minimum Gasteiger partial charge on any atom is -0.480 e. The van der Waals surface area contributed by atoms with Crippen LogP contribution in [0.15, 0.2) is 18.2 Å². The molecule has 0 bridgehead atoms. The van der Waals surface area contributed by atoms with Crippen LogP contribution in [0.2, 0.25) is 0 Å². The number of hydrogen-bond acceptors (Lipinski definition) is 2. The van der Waals surface area contributed by atoms with Crippen molar-refractivity contribution in [3.8, 4) is 0 Å². The molecular formula is C14H17NO3. The molecule has 96 valence electrons. The lowest BCUT2D eigenvalue weighted by Crippen LogP contribution is -2.33. The van der Waals surface area contributed by atoms with Gasteiger partial charge in [-0.25, -0.2) is 0 Å². The molecule has 0 saturated carbocycles. The molecule has 0 spiro atoms. The fraction of sp³-hybridized carbons (Fsp3) is 0.429. The highest BCUT2D eigenvalue weighted by Crippen LogP contribution is 2.23. The first-order chi connectivity index (χ1) is 8.56. The summed E-state index contributed by atoms with van der Waals surface area (Å²) < 4.78 is 0. The Morgan fingerprint density at radius 2 is 2.00 bits per heavy atom. The number of carbonyl (C=O) groups is 2. The maximum atomic E-state index is 11.8. The number of hydrogen-bond donors (Lipinski definition) is 1. The van der Waals surface area contributed by atoms with Crippen LogP contribution in [-0.2, 0) is 28.9 Å². The number of carboxylic acids is 1. The second-order valence-corrected chi connectivity index (χ2v) is 4.78. The Kier molecular flexibility index (Phi) is 3.65. The molecule has 0 saturated heterocycles. The number of benzene rings is 1. The molecule has 0 aromatic heterocycles. The van der Waals surface area contributed by atoms with E-state index in [0.29, 0.717) is 0 Å². The highest BCUT2D eigenvalue weighted by atomic mass is 16.4. The van der Waals surface area contributed by atoms with Crippen LogP contribution in [0.3, 0.4) is 0 Å². The first-order valence-electron chi connectivity index (χ1n) is 6.12. The van der Waals surface area contributed by atoms with Crippen molar-refractivity contribution in [2.75, 3.05) is 13.6 Å². The van der Waals surface area contributed by atoms with E-state index in [1.165, 1.54) is 29.5 Å². The topological polar surface area (TPSA) is 57.6 Å². The molecule has 0 radical (unpaired) electrons. The van der Waals surface area contributed by atoms with Crippen LogP contribution in [0.4, 0.5) is 0 Å². The summed E-state index contributed by atoms with van der Waals surface area (Å²) in [5.74, 6) is -1.14. The number of rotatable bonds is 4. The molecule has 1 aliphatic carbocycles. The molecule has 0 fully saturated rings. The number of carbonyl (C=O) groups excluding carboxylic acids is 1. The van der Waals surface area contributed by atoms with Crippen LogP contribution >= 0.6 is 0 Å². The van der Waals surface area contributed by atoms with Crippen LogP contribution < -0.4 is 0 Å². The third kappa shape index (κ3) is 2.88. The van der Waals surface area contributed by atoms with Gasteiger partial charge in [-0.1, -0.05) is 18.2 Å². The summed E-state index contributed by atoms with van der Waals surface area (Å²) in [7, 11) is 1.52. The van der Waals surface area contributed by atoms with Crippen LogP contribution in [0.25, 0.3) is 0 Å². The zero-order valence-corrected chi connectivity index (χ0v) is 10.5. The molecule has 1 aliphatic rings. The number of aliphatic carboxylic acids is 1. The van der Waals surface area contributed by atoms with Gasteiger partial charge in [-0.3, -0.25) is 9.59 Å². The smallest absolute Gasteiger partial charge is 0.323 e. The summed E-state index contributed by atoms with van der Waals surface area (Å²) in [6, 6.07) is 6.13. The maximum absolute atomic E-state index is 11.8. The largest absolute Gasteiger partial charge is 0.480 e. The van der Waals surface area contributed by atoms with Gasteiger partial charge in [-0.2, -0.15) is 0 Å².